The van der Waals surface area contributed by atoms with Gasteiger partial charge in [-0.2, -0.15) is 4.98 Å². The highest BCUT2D eigenvalue weighted by molar-refractivity contribution is 7.16. The first kappa shape index (κ1) is 11.2. The van der Waals surface area contributed by atoms with Crippen LogP contribution in [0.5, 0.6) is 5.88 Å². The number of nitrogens with zero attached hydrogens (tertiary/aromatic N) is 2. The summed E-state index contributed by atoms with van der Waals surface area (Å²) in [6.45, 7) is 1.86. The van der Waals surface area contributed by atoms with E-state index >= 15 is 0 Å². The molecule has 6 heteroatoms. The third-order valence-electron chi connectivity index (χ3n) is 1.76. The zero-order valence-electron chi connectivity index (χ0n) is 8.77. The fraction of sp³-hybridized carbons (Fsp3) is 0.625. The Hall–Kier alpha value is -0.850. The van der Waals surface area contributed by atoms with Crippen molar-refractivity contribution >= 4 is 16.5 Å². The van der Waals surface area contributed by atoms with E-state index in [1.54, 1.807) is 7.11 Å². The minimum Gasteiger partial charge on any atom is -0.480 e. The Labute approximate surface area is 87.4 Å². The van der Waals surface area contributed by atoms with Crippen molar-refractivity contribution in [1.29, 1.82) is 0 Å². The van der Waals surface area contributed by atoms with E-state index < -0.39 is 0 Å². The molecule has 1 heterocycles. The Morgan fingerprint density at radius 1 is 1.50 bits per heavy atom. The monoisotopic (exact) mass is 217 g/mol. The molecule has 0 aliphatic carbocycles. The van der Waals surface area contributed by atoms with Gasteiger partial charge in [-0.3, -0.25) is 4.84 Å². The number of hydrogen-bond donors (Lipinski definition) is 1. The number of anilines is 1. The molecule has 5 nitrogen and oxygen atoms in total. The number of thiazole rings is 1. The van der Waals surface area contributed by atoms with Crippen molar-refractivity contribution in [3.05, 3.63) is 4.88 Å². The third kappa shape index (κ3) is 2.14. The van der Waals surface area contributed by atoms with Gasteiger partial charge in [-0.05, 0) is 6.92 Å². The molecule has 0 radical (unpaired) electrons. The number of methoxy groups -OCH3 is 1. The minimum absolute atomic E-state index is 0.198. The Morgan fingerprint density at radius 2 is 2.14 bits per heavy atom. The van der Waals surface area contributed by atoms with Crippen molar-refractivity contribution in [3.8, 4) is 5.88 Å². The van der Waals surface area contributed by atoms with Crippen molar-refractivity contribution in [2.45, 2.75) is 13.0 Å². The molecule has 1 rings (SSSR count). The first-order chi connectivity index (χ1) is 6.60. The first-order valence-corrected chi connectivity index (χ1v) is 4.99. The second-order valence-corrected chi connectivity index (χ2v) is 4.05. The number of nitrogens with two attached hydrogens (primary N) is 1. The predicted molar refractivity (Wildman–Crippen MR) is 56.7 cm³/mol. The number of rotatable bonds is 4. The van der Waals surface area contributed by atoms with Gasteiger partial charge in [-0.1, -0.05) is 11.3 Å². The van der Waals surface area contributed by atoms with Crippen LogP contribution in [0.2, 0.25) is 0 Å². The van der Waals surface area contributed by atoms with Crippen molar-refractivity contribution in [2.24, 2.45) is 5.90 Å². The van der Waals surface area contributed by atoms with Gasteiger partial charge in [0.25, 0.3) is 0 Å². The summed E-state index contributed by atoms with van der Waals surface area (Å²) in [5.41, 5.74) is 0. The van der Waals surface area contributed by atoms with E-state index in [2.05, 4.69) is 4.98 Å². The Kier molecular flexibility index (Phi) is 3.68. The van der Waals surface area contributed by atoms with Crippen LogP contribution in [0.3, 0.4) is 0 Å². The van der Waals surface area contributed by atoms with Gasteiger partial charge in [0.15, 0.2) is 5.13 Å². The number of aromatic nitrogens is 1. The molecule has 0 fully saturated rings. The molecule has 1 unspecified atom stereocenters. The molecule has 0 aliphatic rings. The lowest BCUT2D eigenvalue weighted by atomic mass is 10.3. The molecule has 1 aromatic rings. The maximum absolute atomic E-state index is 5.14. The van der Waals surface area contributed by atoms with Crippen LogP contribution >= 0.6 is 11.3 Å². The van der Waals surface area contributed by atoms with Crippen molar-refractivity contribution in [3.63, 3.8) is 0 Å². The normalized spacial score (nSPS) is 12.6. The molecular formula is C8H15N3O2S. The van der Waals surface area contributed by atoms with Crippen LogP contribution < -0.4 is 15.5 Å². The summed E-state index contributed by atoms with van der Waals surface area (Å²) in [6.07, 6.45) is -0.198. The van der Waals surface area contributed by atoms with Gasteiger partial charge in [0, 0.05) is 14.1 Å². The average Bonchev–Trinajstić information content (AvgIpc) is 2.60. The molecule has 0 saturated carbocycles. The lowest BCUT2D eigenvalue weighted by Gasteiger charge is -2.06. The highest BCUT2D eigenvalue weighted by Gasteiger charge is 2.18. The lowest BCUT2D eigenvalue weighted by molar-refractivity contribution is 0.0669. The summed E-state index contributed by atoms with van der Waals surface area (Å²) < 4.78 is 5.14. The maximum Gasteiger partial charge on any atom is 0.232 e. The second kappa shape index (κ2) is 4.59. The lowest BCUT2D eigenvalue weighted by Crippen LogP contribution is -2.07. The summed E-state index contributed by atoms with van der Waals surface area (Å²) in [6, 6.07) is 0. The molecule has 0 aliphatic heterocycles. The molecule has 1 aromatic heterocycles. The zero-order valence-corrected chi connectivity index (χ0v) is 9.59. The average molecular weight is 217 g/mol. The van der Waals surface area contributed by atoms with Crippen LogP contribution in [-0.4, -0.2) is 26.2 Å². The highest BCUT2D eigenvalue weighted by Crippen LogP contribution is 2.35. The summed E-state index contributed by atoms with van der Waals surface area (Å²) >= 11 is 1.51. The molecule has 80 valence electrons. The zero-order chi connectivity index (χ0) is 10.7. The molecule has 0 saturated heterocycles. The molecule has 0 bridgehead atoms. The fourth-order valence-corrected chi connectivity index (χ4v) is 1.91. The molecule has 0 aromatic carbocycles. The van der Waals surface area contributed by atoms with Crippen LogP contribution in [-0.2, 0) is 4.84 Å². The van der Waals surface area contributed by atoms with Crippen LogP contribution in [0.1, 0.15) is 17.9 Å². The van der Waals surface area contributed by atoms with Gasteiger partial charge in [0.05, 0.1) is 7.11 Å². The summed E-state index contributed by atoms with van der Waals surface area (Å²) in [4.78, 5) is 11.8. The van der Waals surface area contributed by atoms with E-state index in [-0.39, 0.29) is 6.10 Å². The minimum atomic E-state index is -0.198. The van der Waals surface area contributed by atoms with E-state index in [4.69, 9.17) is 15.5 Å². The maximum atomic E-state index is 5.14. The standard InChI is InChI=1S/C8H15N3O2S/c1-5(13-9)6-7(12-4)10-8(14-6)11(2)3/h5H,9H2,1-4H3. The molecule has 0 spiro atoms. The van der Waals surface area contributed by atoms with E-state index in [1.807, 2.05) is 25.9 Å². The van der Waals surface area contributed by atoms with Crippen molar-refractivity contribution in [1.82, 2.24) is 4.98 Å². The Bertz CT molecular complexity index is 301. The van der Waals surface area contributed by atoms with E-state index in [9.17, 15) is 0 Å². The van der Waals surface area contributed by atoms with E-state index in [1.165, 1.54) is 11.3 Å². The molecule has 0 amide bonds. The molecular weight excluding hydrogens is 202 g/mol. The fourth-order valence-electron chi connectivity index (χ4n) is 0.963. The van der Waals surface area contributed by atoms with Crippen LogP contribution in [0.25, 0.3) is 0 Å². The molecule has 1 atom stereocenters. The topological polar surface area (TPSA) is 60.6 Å². The number of ether oxygens (including phenoxy) is 1. The van der Waals surface area contributed by atoms with E-state index in [0.29, 0.717) is 5.88 Å². The number of hydrogen-bond acceptors (Lipinski definition) is 6. The third-order valence-corrected chi connectivity index (χ3v) is 3.12. The van der Waals surface area contributed by atoms with Gasteiger partial charge in [-0.25, -0.2) is 5.90 Å². The van der Waals surface area contributed by atoms with Gasteiger partial charge >= 0.3 is 0 Å². The van der Waals surface area contributed by atoms with Crippen LogP contribution in [0.15, 0.2) is 0 Å². The van der Waals surface area contributed by atoms with E-state index in [0.717, 1.165) is 10.0 Å². The quantitative estimate of drug-likeness (QED) is 0.767. The van der Waals surface area contributed by atoms with Gasteiger partial charge in [0.2, 0.25) is 5.88 Å². The van der Waals surface area contributed by atoms with Gasteiger partial charge in [0.1, 0.15) is 11.0 Å². The van der Waals surface area contributed by atoms with Crippen molar-refractivity contribution < 1.29 is 9.57 Å². The van der Waals surface area contributed by atoms with Crippen LogP contribution in [0, 0.1) is 0 Å². The summed E-state index contributed by atoms with van der Waals surface area (Å²) in [5, 5.41) is 0.876. The van der Waals surface area contributed by atoms with Crippen molar-refractivity contribution in [2.75, 3.05) is 26.1 Å². The van der Waals surface area contributed by atoms with Gasteiger partial charge < -0.3 is 9.64 Å². The van der Waals surface area contributed by atoms with Crippen LogP contribution in [0.4, 0.5) is 5.13 Å². The Balaban J connectivity index is 3.02. The summed E-state index contributed by atoms with van der Waals surface area (Å²) in [7, 11) is 5.44. The SMILES string of the molecule is COc1nc(N(C)C)sc1C(C)ON. The summed E-state index contributed by atoms with van der Waals surface area (Å²) in [5.74, 6) is 5.70. The predicted octanol–water partition coefficient (Wildman–Crippen LogP) is 1.17. The second-order valence-electron chi connectivity index (χ2n) is 3.04. The molecule has 2 N–H and O–H groups in total. The highest BCUT2D eigenvalue weighted by atomic mass is 32.1. The first-order valence-electron chi connectivity index (χ1n) is 4.17. The largest absolute Gasteiger partial charge is 0.480 e. The Morgan fingerprint density at radius 3 is 2.57 bits per heavy atom. The smallest absolute Gasteiger partial charge is 0.232 e. The van der Waals surface area contributed by atoms with Gasteiger partial charge in [-0.15, -0.1) is 0 Å². The molecule has 14 heavy (non-hydrogen) atoms.